The molecule has 1 rings (SSSR count). The molecule has 0 N–H and O–H groups in total. The van der Waals surface area contributed by atoms with E-state index in [4.69, 9.17) is 5.53 Å². The summed E-state index contributed by atoms with van der Waals surface area (Å²) in [5.41, 5.74) is 8.17. The highest BCUT2D eigenvalue weighted by Crippen LogP contribution is 2.51. The van der Waals surface area contributed by atoms with E-state index >= 15 is 0 Å². The van der Waals surface area contributed by atoms with Gasteiger partial charge in [-0.1, -0.05) is 13.8 Å². The van der Waals surface area contributed by atoms with Gasteiger partial charge in [0.25, 0.3) is 0 Å². The Morgan fingerprint density at radius 3 is 2.60 bits per heavy atom. The van der Waals surface area contributed by atoms with Gasteiger partial charge in [-0.15, -0.1) is 0 Å². The summed E-state index contributed by atoms with van der Waals surface area (Å²) in [7, 11) is 0. The Bertz CT molecular complexity index is 214. The predicted molar refractivity (Wildman–Crippen MR) is 36.6 cm³/mol. The molecule has 0 spiro atoms. The van der Waals surface area contributed by atoms with E-state index in [1.165, 1.54) is 0 Å². The van der Waals surface area contributed by atoms with Crippen LogP contribution in [-0.2, 0) is 4.79 Å². The lowest BCUT2D eigenvalue weighted by atomic mass is 10.1. The highest BCUT2D eigenvalue weighted by atomic mass is 16.1. The maximum Gasteiger partial charge on any atom is 0.323 e. The van der Waals surface area contributed by atoms with Gasteiger partial charge in [0.05, 0.1) is 0 Å². The summed E-state index contributed by atoms with van der Waals surface area (Å²) in [4.78, 5) is 13.6. The zero-order valence-electron chi connectivity index (χ0n) is 6.16. The Morgan fingerprint density at radius 1 is 1.80 bits per heavy atom. The number of carbonyl (C=O) groups excluding carboxylic acids is 1. The number of hydrogen-bond acceptors (Lipinski definition) is 1. The lowest BCUT2D eigenvalue weighted by Crippen LogP contribution is -2.06. The molecule has 3 nitrogen and oxygen atoms in total. The molecule has 1 aliphatic carbocycles. The lowest BCUT2D eigenvalue weighted by molar-refractivity contribution is -0.117. The third kappa shape index (κ3) is 1.14. The molecule has 0 heterocycles. The normalized spacial score (nSPS) is 26.8. The standard InChI is InChI=1S/C7H10N2O/c1-7(2)3-5(7)6(10)4-9-8/h4-5H,3H2,1-2H3. The summed E-state index contributed by atoms with van der Waals surface area (Å²) in [6.07, 6.45) is 1.90. The minimum absolute atomic E-state index is 0.0625. The fourth-order valence-electron chi connectivity index (χ4n) is 1.10. The molecule has 1 saturated carbocycles. The van der Waals surface area contributed by atoms with Gasteiger partial charge in [-0.05, 0) is 11.8 Å². The smallest absolute Gasteiger partial charge is 0.323 e. The summed E-state index contributed by atoms with van der Waals surface area (Å²) in [5, 5.41) is 0. The van der Waals surface area contributed by atoms with Crippen molar-refractivity contribution >= 4 is 12.0 Å². The van der Waals surface area contributed by atoms with E-state index < -0.39 is 0 Å². The summed E-state index contributed by atoms with van der Waals surface area (Å²) < 4.78 is 0. The quantitative estimate of drug-likeness (QED) is 0.318. The molecule has 1 unspecified atom stereocenters. The molecule has 10 heavy (non-hydrogen) atoms. The van der Waals surface area contributed by atoms with Crippen LogP contribution in [0.2, 0.25) is 0 Å². The van der Waals surface area contributed by atoms with Gasteiger partial charge in [0.2, 0.25) is 5.78 Å². The van der Waals surface area contributed by atoms with Crippen molar-refractivity contribution in [3.8, 4) is 0 Å². The van der Waals surface area contributed by atoms with E-state index in [1.54, 1.807) is 0 Å². The Balaban J connectivity index is 2.56. The maximum absolute atomic E-state index is 10.9. The number of carbonyl (C=O) groups is 1. The summed E-state index contributed by atoms with van der Waals surface area (Å²) in [6.45, 7) is 4.06. The first-order valence-corrected chi connectivity index (χ1v) is 3.29. The van der Waals surface area contributed by atoms with Crippen LogP contribution in [0.3, 0.4) is 0 Å². The number of ketones is 1. The molecule has 0 radical (unpaired) electrons. The molecule has 0 aliphatic heterocycles. The molecule has 0 saturated heterocycles. The van der Waals surface area contributed by atoms with Crippen molar-refractivity contribution in [1.29, 1.82) is 0 Å². The molecule has 0 aromatic rings. The van der Waals surface area contributed by atoms with Gasteiger partial charge in [-0.2, -0.15) is 4.79 Å². The van der Waals surface area contributed by atoms with Crippen LogP contribution < -0.4 is 0 Å². The van der Waals surface area contributed by atoms with Crippen molar-refractivity contribution in [3.05, 3.63) is 5.53 Å². The highest BCUT2D eigenvalue weighted by molar-refractivity contribution is 6.27. The Hall–Kier alpha value is -0.950. The number of rotatable bonds is 2. The topological polar surface area (TPSA) is 53.5 Å². The van der Waals surface area contributed by atoms with Crippen LogP contribution in [0.25, 0.3) is 5.53 Å². The largest absolute Gasteiger partial charge is 0.361 e. The zero-order chi connectivity index (χ0) is 7.78. The van der Waals surface area contributed by atoms with Crippen LogP contribution in [0, 0.1) is 11.3 Å². The predicted octanol–water partition coefficient (Wildman–Crippen LogP) is 0.902. The van der Waals surface area contributed by atoms with Crippen molar-refractivity contribution in [2.45, 2.75) is 20.3 Å². The van der Waals surface area contributed by atoms with E-state index in [2.05, 4.69) is 4.79 Å². The minimum atomic E-state index is -0.0625. The van der Waals surface area contributed by atoms with Gasteiger partial charge in [0.15, 0.2) is 0 Å². The van der Waals surface area contributed by atoms with Gasteiger partial charge in [0, 0.05) is 5.92 Å². The second-order valence-electron chi connectivity index (χ2n) is 3.39. The van der Waals surface area contributed by atoms with Crippen LogP contribution in [0.15, 0.2) is 0 Å². The molecule has 1 aliphatic rings. The second-order valence-corrected chi connectivity index (χ2v) is 3.39. The third-order valence-electron chi connectivity index (χ3n) is 2.04. The Morgan fingerprint density at radius 2 is 2.30 bits per heavy atom. The highest BCUT2D eigenvalue weighted by Gasteiger charge is 2.50. The molecular weight excluding hydrogens is 128 g/mol. The maximum atomic E-state index is 10.9. The van der Waals surface area contributed by atoms with Crippen molar-refractivity contribution in [3.63, 3.8) is 0 Å². The second kappa shape index (κ2) is 2.03. The number of hydrogen-bond donors (Lipinski definition) is 0. The van der Waals surface area contributed by atoms with Crippen molar-refractivity contribution in [2.24, 2.45) is 11.3 Å². The minimum Gasteiger partial charge on any atom is -0.361 e. The average molecular weight is 138 g/mol. The summed E-state index contributed by atoms with van der Waals surface area (Å²) in [6, 6.07) is 0. The van der Waals surface area contributed by atoms with E-state index in [0.717, 1.165) is 12.6 Å². The Labute approximate surface area is 59.7 Å². The molecule has 0 aromatic carbocycles. The molecule has 1 atom stereocenters. The monoisotopic (exact) mass is 138 g/mol. The van der Waals surface area contributed by atoms with Crippen LogP contribution in [-0.4, -0.2) is 16.8 Å². The van der Waals surface area contributed by atoms with Gasteiger partial charge in [-0.3, -0.25) is 4.79 Å². The van der Waals surface area contributed by atoms with Crippen LogP contribution in [0.1, 0.15) is 20.3 Å². The van der Waals surface area contributed by atoms with Gasteiger partial charge >= 0.3 is 6.21 Å². The summed E-state index contributed by atoms with van der Waals surface area (Å²) in [5.74, 6) is 0.0240. The van der Waals surface area contributed by atoms with E-state index in [-0.39, 0.29) is 17.1 Å². The van der Waals surface area contributed by atoms with E-state index in [0.29, 0.717) is 0 Å². The van der Waals surface area contributed by atoms with E-state index in [1.807, 2.05) is 13.8 Å². The summed E-state index contributed by atoms with van der Waals surface area (Å²) >= 11 is 0. The first-order chi connectivity index (χ1) is 4.58. The third-order valence-corrected chi connectivity index (χ3v) is 2.04. The van der Waals surface area contributed by atoms with Crippen LogP contribution in [0.5, 0.6) is 0 Å². The SMILES string of the molecule is CC1(C)CC1C(=O)C=[N+]=[N-]. The Kier molecular flexibility index (Phi) is 1.45. The molecule has 0 amide bonds. The molecule has 54 valence electrons. The average Bonchev–Trinajstić information content (AvgIpc) is 2.41. The van der Waals surface area contributed by atoms with Crippen molar-refractivity contribution < 1.29 is 9.58 Å². The van der Waals surface area contributed by atoms with Crippen LogP contribution >= 0.6 is 0 Å². The number of Topliss-reactive ketones (excluding diaryl/α,β-unsaturated/α-hetero) is 1. The van der Waals surface area contributed by atoms with Gasteiger partial charge in [0.1, 0.15) is 0 Å². The molecule has 3 heteroatoms. The van der Waals surface area contributed by atoms with Gasteiger partial charge < -0.3 is 5.53 Å². The van der Waals surface area contributed by atoms with E-state index in [9.17, 15) is 4.79 Å². The van der Waals surface area contributed by atoms with Gasteiger partial charge in [-0.25, -0.2) is 0 Å². The number of nitrogens with zero attached hydrogens (tertiary/aromatic N) is 2. The molecular formula is C7H10N2O. The fraction of sp³-hybridized carbons (Fsp3) is 0.714. The molecule has 0 bridgehead atoms. The molecule has 1 fully saturated rings. The first-order valence-electron chi connectivity index (χ1n) is 3.29. The first kappa shape index (κ1) is 7.16. The van der Waals surface area contributed by atoms with Crippen molar-refractivity contribution in [2.75, 3.05) is 0 Å². The van der Waals surface area contributed by atoms with Crippen LogP contribution in [0.4, 0.5) is 0 Å². The zero-order valence-corrected chi connectivity index (χ0v) is 6.16. The lowest BCUT2D eigenvalue weighted by Gasteiger charge is -1.93. The van der Waals surface area contributed by atoms with Crippen molar-refractivity contribution in [1.82, 2.24) is 0 Å². The fourth-order valence-corrected chi connectivity index (χ4v) is 1.10. The molecule has 0 aromatic heterocycles.